The van der Waals surface area contributed by atoms with Gasteiger partial charge in [0.1, 0.15) is 0 Å². The van der Waals surface area contributed by atoms with Gasteiger partial charge in [-0.15, -0.1) is 24.0 Å². The summed E-state index contributed by atoms with van der Waals surface area (Å²) in [4.78, 5) is 26.3. The smallest absolute Gasteiger partial charge is 0.219 e. The maximum atomic E-state index is 11.6. The summed E-state index contributed by atoms with van der Waals surface area (Å²) in [5, 5.41) is 3.51. The molecule has 0 bridgehead atoms. The predicted molar refractivity (Wildman–Crippen MR) is 130 cm³/mol. The van der Waals surface area contributed by atoms with Crippen molar-refractivity contribution in [2.24, 2.45) is 4.99 Å². The fraction of sp³-hybridized carbons (Fsp3) is 0.905. The second-order valence-corrected chi connectivity index (χ2v) is 8.74. The highest BCUT2D eigenvalue weighted by molar-refractivity contribution is 14.0. The maximum absolute atomic E-state index is 11.6. The third-order valence-electron chi connectivity index (χ3n) is 6.83. The third kappa shape index (κ3) is 6.43. The van der Waals surface area contributed by atoms with Crippen molar-refractivity contribution in [3.63, 3.8) is 0 Å². The first kappa shape index (κ1) is 24.7. The van der Waals surface area contributed by atoms with Crippen LogP contribution in [0, 0.1) is 0 Å². The highest BCUT2D eigenvalue weighted by atomic mass is 127. The van der Waals surface area contributed by atoms with Gasteiger partial charge in [-0.1, -0.05) is 6.42 Å². The van der Waals surface area contributed by atoms with Crippen molar-refractivity contribution in [1.82, 2.24) is 24.9 Å². The van der Waals surface area contributed by atoms with E-state index in [-0.39, 0.29) is 35.4 Å². The summed E-state index contributed by atoms with van der Waals surface area (Å²) in [5.74, 6) is 1.21. The van der Waals surface area contributed by atoms with Crippen LogP contribution in [0.2, 0.25) is 0 Å². The van der Waals surface area contributed by atoms with Crippen molar-refractivity contribution in [3.8, 4) is 0 Å². The molecule has 1 N–H and O–H groups in total. The van der Waals surface area contributed by atoms with E-state index in [1.807, 2.05) is 4.90 Å². The van der Waals surface area contributed by atoms with Crippen molar-refractivity contribution in [2.75, 3.05) is 72.5 Å². The molecule has 0 saturated carbocycles. The number of carbonyl (C=O) groups excluding carboxylic acids is 1. The summed E-state index contributed by atoms with van der Waals surface area (Å²) >= 11 is 0. The standard InChI is InChI=1S/C21H40N6O.HI/c1-4-22-20(26-16-14-25(15-17-26)19(2)28)23-18-21(8-12-24(3)13-9-21)27-10-6-5-7-11-27;/h4-18H2,1-3H3,(H,22,23);1H. The Morgan fingerprint density at radius 1 is 0.931 bits per heavy atom. The Balaban J connectivity index is 0.00000300. The number of hydrogen-bond acceptors (Lipinski definition) is 4. The zero-order valence-electron chi connectivity index (χ0n) is 18.7. The van der Waals surface area contributed by atoms with Crippen LogP contribution >= 0.6 is 24.0 Å². The topological polar surface area (TPSA) is 54.4 Å². The molecule has 3 saturated heterocycles. The summed E-state index contributed by atoms with van der Waals surface area (Å²) < 4.78 is 0. The van der Waals surface area contributed by atoms with Gasteiger partial charge in [0.15, 0.2) is 5.96 Å². The molecule has 8 heteroatoms. The van der Waals surface area contributed by atoms with E-state index >= 15 is 0 Å². The van der Waals surface area contributed by atoms with Crippen LogP contribution in [0.5, 0.6) is 0 Å². The number of piperazine rings is 1. The van der Waals surface area contributed by atoms with Crippen LogP contribution in [-0.4, -0.2) is 110 Å². The first-order valence-electron chi connectivity index (χ1n) is 11.3. The van der Waals surface area contributed by atoms with Gasteiger partial charge >= 0.3 is 0 Å². The van der Waals surface area contributed by atoms with Crippen molar-refractivity contribution in [3.05, 3.63) is 0 Å². The van der Waals surface area contributed by atoms with E-state index < -0.39 is 0 Å². The Morgan fingerprint density at radius 3 is 2.07 bits per heavy atom. The Morgan fingerprint density at radius 2 is 1.52 bits per heavy atom. The van der Waals surface area contributed by atoms with E-state index in [9.17, 15) is 4.79 Å². The Kier molecular flexibility index (Phi) is 9.94. The van der Waals surface area contributed by atoms with Crippen LogP contribution in [0.4, 0.5) is 0 Å². The molecule has 0 radical (unpaired) electrons. The lowest BCUT2D eigenvalue weighted by atomic mass is 9.84. The van der Waals surface area contributed by atoms with Crippen LogP contribution in [0.3, 0.4) is 0 Å². The molecule has 3 heterocycles. The summed E-state index contributed by atoms with van der Waals surface area (Å²) in [6.45, 7) is 13.7. The molecule has 0 aromatic carbocycles. The van der Waals surface area contributed by atoms with Gasteiger partial charge in [0.05, 0.1) is 6.54 Å². The molecule has 7 nitrogen and oxygen atoms in total. The molecule has 1 amide bonds. The van der Waals surface area contributed by atoms with E-state index in [1.165, 1.54) is 58.3 Å². The largest absolute Gasteiger partial charge is 0.357 e. The molecule has 0 aromatic heterocycles. The maximum Gasteiger partial charge on any atom is 0.219 e. The summed E-state index contributed by atoms with van der Waals surface area (Å²) in [7, 11) is 2.24. The Labute approximate surface area is 194 Å². The quantitative estimate of drug-likeness (QED) is 0.348. The molecule has 29 heavy (non-hydrogen) atoms. The minimum absolute atomic E-state index is 0. The molecular formula is C21H41IN6O. The first-order chi connectivity index (χ1) is 13.5. The number of nitrogens with one attached hydrogen (secondary N) is 1. The molecule has 0 unspecified atom stereocenters. The highest BCUT2D eigenvalue weighted by Gasteiger charge is 2.39. The monoisotopic (exact) mass is 520 g/mol. The van der Waals surface area contributed by atoms with Gasteiger partial charge < -0.3 is 20.0 Å². The van der Waals surface area contributed by atoms with Crippen LogP contribution in [-0.2, 0) is 4.79 Å². The zero-order chi connectivity index (χ0) is 20.0. The molecule has 168 valence electrons. The van der Waals surface area contributed by atoms with Crippen LogP contribution in [0.1, 0.15) is 46.0 Å². The van der Waals surface area contributed by atoms with Crippen molar-refractivity contribution in [2.45, 2.75) is 51.5 Å². The highest BCUT2D eigenvalue weighted by Crippen LogP contribution is 2.31. The number of likely N-dealkylation sites (tertiary alicyclic amines) is 2. The molecule has 0 spiro atoms. The van der Waals surface area contributed by atoms with E-state index in [2.05, 4.69) is 34.0 Å². The Bertz CT molecular complexity index is 535. The van der Waals surface area contributed by atoms with Crippen LogP contribution in [0.15, 0.2) is 4.99 Å². The van der Waals surface area contributed by atoms with Gasteiger partial charge in [-0.05, 0) is 65.8 Å². The number of piperidine rings is 2. The summed E-state index contributed by atoms with van der Waals surface area (Å²) in [6, 6.07) is 0. The van der Waals surface area contributed by atoms with E-state index in [1.54, 1.807) is 6.92 Å². The van der Waals surface area contributed by atoms with Gasteiger partial charge in [0.2, 0.25) is 5.91 Å². The lowest BCUT2D eigenvalue weighted by Crippen LogP contribution is -2.59. The first-order valence-corrected chi connectivity index (χ1v) is 11.3. The van der Waals surface area contributed by atoms with Crippen molar-refractivity contribution >= 4 is 35.8 Å². The lowest BCUT2D eigenvalue weighted by Gasteiger charge is -2.49. The molecule has 0 aromatic rings. The lowest BCUT2D eigenvalue weighted by molar-refractivity contribution is -0.130. The second-order valence-electron chi connectivity index (χ2n) is 8.74. The summed E-state index contributed by atoms with van der Waals surface area (Å²) in [5.41, 5.74) is 0.217. The number of carbonyl (C=O) groups is 1. The van der Waals surface area contributed by atoms with Gasteiger partial charge in [0.25, 0.3) is 0 Å². The molecule has 3 aliphatic heterocycles. The number of guanidine groups is 1. The van der Waals surface area contributed by atoms with Crippen molar-refractivity contribution < 1.29 is 4.79 Å². The van der Waals surface area contributed by atoms with Gasteiger partial charge in [-0.25, -0.2) is 0 Å². The molecular weight excluding hydrogens is 479 g/mol. The number of hydrogen-bond donors (Lipinski definition) is 1. The molecule has 0 atom stereocenters. The number of amides is 1. The molecule has 0 aliphatic carbocycles. The minimum atomic E-state index is 0. The number of aliphatic imine (C=N–C) groups is 1. The Hall–Kier alpha value is -0.610. The average molecular weight is 521 g/mol. The average Bonchev–Trinajstić information content (AvgIpc) is 2.73. The van der Waals surface area contributed by atoms with E-state index in [4.69, 9.17) is 4.99 Å². The number of rotatable bonds is 4. The minimum Gasteiger partial charge on any atom is -0.357 e. The third-order valence-corrected chi connectivity index (χ3v) is 6.83. The van der Waals surface area contributed by atoms with Gasteiger partial charge in [-0.3, -0.25) is 14.7 Å². The summed E-state index contributed by atoms with van der Waals surface area (Å²) in [6.07, 6.45) is 6.45. The SMILES string of the molecule is CCNC(=NCC1(N2CCCCC2)CCN(C)CC1)N1CCN(C(C)=O)CC1.I. The van der Waals surface area contributed by atoms with E-state index in [0.717, 1.165) is 45.2 Å². The van der Waals surface area contributed by atoms with E-state index in [0.29, 0.717) is 0 Å². The predicted octanol–water partition coefficient (Wildman–Crippen LogP) is 1.68. The number of nitrogens with zero attached hydrogens (tertiary/aromatic N) is 5. The molecule has 3 rings (SSSR count). The second kappa shape index (κ2) is 11.7. The molecule has 3 fully saturated rings. The normalized spacial score (nSPS) is 24.2. The van der Waals surface area contributed by atoms with Gasteiger partial charge in [0, 0.05) is 45.2 Å². The molecule has 3 aliphatic rings. The van der Waals surface area contributed by atoms with Crippen molar-refractivity contribution in [1.29, 1.82) is 0 Å². The van der Waals surface area contributed by atoms with Crippen LogP contribution < -0.4 is 5.32 Å². The van der Waals surface area contributed by atoms with Gasteiger partial charge in [-0.2, -0.15) is 0 Å². The zero-order valence-corrected chi connectivity index (χ0v) is 21.0. The fourth-order valence-electron chi connectivity index (χ4n) is 4.86. The van der Waals surface area contributed by atoms with Crippen LogP contribution in [0.25, 0.3) is 0 Å². The number of halogens is 1. The fourth-order valence-corrected chi connectivity index (χ4v) is 4.86.